The number of para-hydroxylation sites is 1. The minimum absolute atomic E-state index is 0.247. The van der Waals surface area contributed by atoms with E-state index in [1.54, 1.807) is 0 Å². The van der Waals surface area contributed by atoms with Gasteiger partial charge in [-0.3, -0.25) is 4.79 Å². The number of aromatic nitrogens is 1. The Kier molecular flexibility index (Phi) is 5.56. The van der Waals surface area contributed by atoms with Crippen LogP contribution in [0, 0.1) is 0 Å². The van der Waals surface area contributed by atoms with Crippen molar-refractivity contribution in [2.45, 2.75) is 0 Å². The molecule has 0 unspecified atom stereocenters. The van der Waals surface area contributed by atoms with Crippen LogP contribution in [-0.2, 0) is 7.05 Å². The van der Waals surface area contributed by atoms with Crippen LogP contribution in [0.2, 0.25) is 0 Å². The summed E-state index contributed by atoms with van der Waals surface area (Å²) in [7, 11) is 1.89. The Morgan fingerprint density at radius 2 is 1.27 bits per heavy atom. The van der Waals surface area contributed by atoms with Gasteiger partial charge in [-0.2, -0.15) is 5.10 Å². The maximum absolute atomic E-state index is 13.0. The van der Waals surface area contributed by atoms with Crippen molar-refractivity contribution in [2.75, 3.05) is 0 Å². The number of nitrogens with zero attached hydrogens (tertiary/aromatic N) is 2. The summed E-state index contributed by atoms with van der Waals surface area (Å²) in [6, 6.07) is 38.2. The topological polar surface area (TPSA) is 46.4 Å². The number of nitrogens with one attached hydrogen (secondary N) is 1. The number of aryl methyl sites for hydroxylation is 1. The monoisotopic (exact) mass is 429 g/mol. The molecule has 0 radical (unpaired) electrons. The average molecular weight is 430 g/mol. The Balaban J connectivity index is 1.48. The van der Waals surface area contributed by atoms with E-state index in [-0.39, 0.29) is 5.91 Å². The lowest BCUT2D eigenvalue weighted by Crippen LogP contribution is -2.22. The maximum atomic E-state index is 13.0. The second-order valence-corrected chi connectivity index (χ2v) is 7.86. The van der Waals surface area contributed by atoms with Crippen LogP contribution in [0.5, 0.6) is 0 Å². The first-order chi connectivity index (χ1) is 16.2. The highest BCUT2D eigenvalue weighted by atomic mass is 16.2. The zero-order valence-electron chi connectivity index (χ0n) is 18.3. The first-order valence-corrected chi connectivity index (χ1v) is 10.8. The minimum atomic E-state index is -0.247. The first kappa shape index (κ1) is 20.5. The molecule has 4 aromatic carbocycles. The van der Waals surface area contributed by atoms with Gasteiger partial charge in [0.05, 0.1) is 5.71 Å². The Morgan fingerprint density at radius 1 is 0.697 bits per heavy atom. The Morgan fingerprint density at radius 3 is 1.97 bits per heavy atom. The summed E-state index contributed by atoms with van der Waals surface area (Å²) >= 11 is 0. The fraction of sp³-hybridized carbons (Fsp3) is 0.0345. The van der Waals surface area contributed by atoms with E-state index in [9.17, 15) is 4.79 Å². The zero-order chi connectivity index (χ0) is 22.6. The number of fused-ring (bicyclic) bond motifs is 1. The first-order valence-electron chi connectivity index (χ1n) is 10.8. The van der Waals surface area contributed by atoms with Crippen molar-refractivity contribution in [3.05, 3.63) is 132 Å². The van der Waals surface area contributed by atoms with E-state index in [4.69, 9.17) is 0 Å². The number of carbonyl (C=O) groups excluding carboxylic acids is 1. The largest absolute Gasteiger partial charge is 0.340 e. The molecule has 0 bridgehead atoms. The van der Waals surface area contributed by atoms with Gasteiger partial charge in [0, 0.05) is 29.1 Å². The quantitative estimate of drug-likeness (QED) is 0.269. The molecule has 0 aliphatic rings. The predicted octanol–water partition coefficient (Wildman–Crippen LogP) is 6.03. The fourth-order valence-electron chi connectivity index (χ4n) is 4.01. The van der Waals surface area contributed by atoms with E-state index in [1.807, 2.05) is 103 Å². The van der Waals surface area contributed by atoms with E-state index in [0.29, 0.717) is 11.4 Å². The second-order valence-electron chi connectivity index (χ2n) is 7.86. The van der Waals surface area contributed by atoms with Gasteiger partial charge < -0.3 is 4.57 Å². The summed E-state index contributed by atoms with van der Waals surface area (Å²) in [5.74, 6) is -0.247. The molecule has 1 heterocycles. The summed E-state index contributed by atoms with van der Waals surface area (Å²) < 4.78 is 1.89. The van der Waals surface area contributed by atoms with E-state index >= 15 is 0 Å². The normalized spacial score (nSPS) is 11.5. The smallest absolute Gasteiger partial charge is 0.288 e. The lowest BCUT2D eigenvalue weighted by Gasteiger charge is -2.10. The van der Waals surface area contributed by atoms with Crippen LogP contribution in [0.25, 0.3) is 22.0 Å². The molecule has 33 heavy (non-hydrogen) atoms. The van der Waals surface area contributed by atoms with E-state index in [1.165, 1.54) is 0 Å². The molecule has 0 saturated carbocycles. The molecule has 0 fully saturated rings. The van der Waals surface area contributed by atoms with Gasteiger partial charge in [0.25, 0.3) is 5.91 Å². The molecule has 1 amide bonds. The highest BCUT2D eigenvalue weighted by Crippen LogP contribution is 2.21. The van der Waals surface area contributed by atoms with E-state index < -0.39 is 0 Å². The Hall–Kier alpha value is -4.44. The summed E-state index contributed by atoms with van der Waals surface area (Å²) in [5.41, 5.74) is 9.20. The third-order valence-corrected chi connectivity index (χ3v) is 5.77. The van der Waals surface area contributed by atoms with Gasteiger partial charge in [-0.25, -0.2) is 5.43 Å². The molecule has 0 aliphatic heterocycles. The maximum Gasteiger partial charge on any atom is 0.288 e. The van der Waals surface area contributed by atoms with Crippen molar-refractivity contribution in [1.82, 2.24) is 9.99 Å². The summed E-state index contributed by atoms with van der Waals surface area (Å²) in [6.07, 6.45) is 0. The van der Waals surface area contributed by atoms with Crippen molar-refractivity contribution in [1.29, 1.82) is 0 Å². The predicted molar refractivity (Wildman–Crippen MR) is 134 cm³/mol. The fourth-order valence-corrected chi connectivity index (χ4v) is 4.01. The highest BCUT2D eigenvalue weighted by Gasteiger charge is 2.14. The molecule has 0 saturated heterocycles. The van der Waals surface area contributed by atoms with Crippen molar-refractivity contribution >= 4 is 22.5 Å². The number of hydrogen-bond donors (Lipinski definition) is 1. The van der Waals surface area contributed by atoms with Gasteiger partial charge in [-0.15, -0.1) is 0 Å². The van der Waals surface area contributed by atoms with Crippen molar-refractivity contribution < 1.29 is 4.79 Å². The molecule has 5 rings (SSSR count). The molecule has 1 aromatic heterocycles. The van der Waals surface area contributed by atoms with Gasteiger partial charge in [0.15, 0.2) is 0 Å². The molecule has 0 aliphatic carbocycles. The van der Waals surface area contributed by atoms with Gasteiger partial charge in [-0.05, 0) is 23.3 Å². The van der Waals surface area contributed by atoms with Crippen molar-refractivity contribution in [3.63, 3.8) is 0 Å². The third-order valence-electron chi connectivity index (χ3n) is 5.77. The summed E-state index contributed by atoms with van der Waals surface area (Å²) in [6.45, 7) is 0. The number of carbonyl (C=O) groups is 1. The van der Waals surface area contributed by atoms with Crippen LogP contribution in [0.1, 0.15) is 21.6 Å². The van der Waals surface area contributed by atoms with Crippen LogP contribution in [-0.4, -0.2) is 16.2 Å². The number of amides is 1. The number of hydrogen-bond acceptors (Lipinski definition) is 2. The highest BCUT2D eigenvalue weighted by molar-refractivity contribution is 6.13. The van der Waals surface area contributed by atoms with Crippen LogP contribution < -0.4 is 5.43 Å². The Bertz CT molecular complexity index is 1430. The van der Waals surface area contributed by atoms with Gasteiger partial charge in [-0.1, -0.05) is 103 Å². The zero-order valence-corrected chi connectivity index (χ0v) is 18.3. The van der Waals surface area contributed by atoms with Crippen LogP contribution in [0.15, 0.2) is 120 Å². The summed E-state index contributed by atoms with van der Waals surface area (Å²) in [4.78, 5) is 13.0. The van der Waals surface area contributed by atoms with Gasteiger partial charge in [0.1, 0.15) is 5.69 Å². The van der Waals surface area contributed by atoms with Crippen molar-refractivity contribution in [3.8, 4) is 11.1 Å². The van der Waals surface area contributed by atoms with Crippen LogP contribution >= 0.6 is 0 Å². The Labute approximate surface area is 192 Å². The standard InChI is InChI=1S/C29H23N3O/c1-32-26-15-9-8-14-25(26)20-27(32)29(33)31-30-28(23-12-6-3-7-13-23)24-18-16-22(17-19-24)21-10-4-2-5-11-21/h2-20H,1H3,(H,31,33)/b30-28-. The molecule has 0 atom stereocenters. The third kappa shape index (κ3) is 4.19. The number of hydrazone groups is 1. The minimum Gasteiger partial charge on any atom is -0.340 e. The van der Waals surface area contributed by atoms with Gasteiger partial charge >= 0.3 is 0 Å². The number of rotatable bonds is 5. The van der Waals surface area contributed by atoms with Crippen LogP contribution in [0.3, 0.4) is 0 Å². The molecule has 0 spiro atoms. The number of benzene rings is 4. The molecule has 1 N–H and O–H groups in total. The average Bonchev–Trinajstić information content (AvgIpc) is 3.22. The lowest BCUT2D eigenvalue weighted by atomic mass is 9.99. The molecular weight excluding hydrogens is 406 g/mol. The molecule has 5 aromatic rings. The van der Waals surface area contributed by atoms with Gasteiger partial charge in [0.2, 0.25) is 0 Å². The van der Waals surface area contributed by atoms with Crippen molar-refractivity contribution in [2.24, 2.45) is 12.1 Å². The molecule has 4 nitrogen and oxygen atoms in total. The molecular formula is C29H23N3O. The molecule has 160 valence electrons. The SMILES string of the molecule is Cn1c(C(=O)N/N=C(/c2ccccc2)c2ccc(-c3ccccc3)cc2)cc2ccccc21. The van der Waals surface area contributed by atoms with E-state index in [2.05, 4.69) is 34.8 Å². The van der Waals surface area contributed by atoms with Crippen LogP contribution in [0.4, 0.5) is 0 Å². The molecule has 4 heteroatoms. The summed E-state index contributed by atoms with van der Waals surface area (Å²) in [5, 5.41) is 5.58. The van der Waals surface area contributed by atoms with E-state index in [0.717, 1.165) is 33.2 Å². The lowest BCUT2D eigenvalue weighted by molar-refractivity contribution is 0.0947. The second kappa shape index (κ2) is 8.97.